The number of unbranched alkanes of at least 4 members (excludes halogenated alkanes) is 1. The minimum absolute atomic E-state index is 1.14. The van der Waals surface area contributed by atoms with Crippen LogP contribution in [0.25, 0.3) is 0 Å². The summed E-state index contributed by atoms with van der Waals surface area (Å²) < 4.78 is 0. The highest BCUT2D eigenvalue weighted by Crippen LogP contribution is 1.85. The molecule has 0 aromatic rings. The Labute approximate surface area is 51.1 Å². The SMILES string of the molecule is C=CNC=CCCC. The van der Waals surface area contributed by atoms with E-state index in [4.69, 9.17) is 0 Å². The molecule has 0 heterocycles. The Balaban J connectivity index is 2.94. The van der Waals surface area contributed by atoms with Crippen molar-refractivity contribution in [3.63, 3.8) is 0 Å². The van der Waals surface area contributed by atoms with E-state index in [0.29, 0.717) is 0 Å². The summed E-state index contributed by atoms with van der Waals surface area (Å²) in [5.41, 5.74) is 0. The molecule has 1 heteroatoms. The van der Waals surface area contributed by atoms with Crippen molar-refractivity contribution < 1.29 is 0 Å². The van der Waals surface area contributed by atoms with Crippen molar-refractivity contribution in [1.82, 2.24) is 5.32 Å². The lowest BCUT2D eigenvalue weighted by atomic mass is 10.3. The van der Waals surface area contributed by atoms with Crippen molar-refractivity contribution >= 4 is 0 Å². The van der Waals surface area contributed by atoms with Gasteiger partial charge in [0.1, 0.15) is 0 Å². The minimum atomic E-state index is 1.14. The summed E-state index contributed by atoms with van der Waals surface area (Å²) in [5.74, 6) is 0. The Kier molecular flexibility index (Phi) is 5.71. The zero-order valence-corrected chi connectivity index (χ0v) is 5.35. The zero-order valence-electron chi connectivity index (χ0n) is 5.35. The molecule has 0 radical (unpaired) electrons. The van der Waals surface area contributed by atoms with E-state index < -0.39 is 0 Å². The van der Waals surface area contributed by atoms with Gasteiger partial charge >= 0.3 is 0 Å². The van der Waals surface area contributed by atoms with Gasteiger partial charge in [0.2, 0.25) is 0 Å². The first-order valence-corrected chi connectivity index (χ1v) is 2.93. The largest absolute Gasteiger partial charge is 0.369 e. The highest BCUT2D eigenvalue weighted by Gasteiger charge is 1.68. The van der Waals surface area contributed by atoms with Crippen molar-refractivity contribution in [1.29, 1.82) is 0 Å². The third-order valence-electron chi connectivity index (χ3n) is 0.787. The lowest BCUT2D eigenvalue weighted by Gasteiger charge is -1.84. The van der Waals surface area contributed by atoms with E-state index in [1.807, 2.05) is 6.20 Å². The van der Waals surface area contributed by atoms with Crippen molar-refractivity contribution in [2.75, 3.05) is 0 Å². The number of allylic oxidation sites excluding steroid dienone is 1. The quantitative estimate of drug-likeness (QED) is 0.585. The summed E-state index contributed by atoms with van der Waals surface area (Å²) in [7, 11) is 0. The van der Waals surface area contributed by atoms with Crippen molar-refractivity contribution in [3.8, 4) is 0 Å². The van der Waals surface area contributed by atoms with Crippen LogP contribution in [0.3, 0.4) is 0 Å². The molecule has 8 heavy (non-hydrogen) atoms. The first-order chi connectivity index (χ1) is 3.91. The minimum Gasteiger partial charge on any atom is -0.369 e. The maximum Gasteiger partial charge on any atom is -0.00359 e. The Morgan fingerprint density at radius 3 is 2.88 bits per heavy atom. The third kappa shape index (κ3) is 5.28. The zero-order chi connectivity index (χ0) is 6.24. The molecule has 0 fully saturated rings. The first-order valence-electron chi connectivity index (χ1n) is 2.93. The average molecular weight is 111 g/mol. The molecule has 0 aromatic carbocycles. The van der Waals surface area contributed by atoms with Gasteiger partial charge in [0.25, 0.3) is 0 Å². The van der Waals surface area contributed by atoms with E-state index in [0.717, 1.165) is 6.42 Å². The highest BCUT2D eigenvalue weighted by atomic mass is 14.8. The van der Waals surface area contributed by atoms with Gasteiger partial charge in [-0.05, 0) is 18.8 Å². The van der Waals surface area contributed by atoms with Gasteiger partial charge < -0.3 is 5.32 Å². The fourth-order valence-corrected chi connectivity index (χ4v) is 0.386. The Morgan fingerprint density at radius 2 is 2.38 bits per heavy atom. The summed E-state index contributed by atoms with van der Waals surface area (Å²) in [6, 6.07) is 0. The Hall–Kier alpha value is -0.720. The number of hydrogen-bond acceptors (Lipinski definition) is 1. The van der Waals surface area contributed by atoms with Crippen LogP contribution in [0.4, 0.5) is 0 Å². The van der Waals surface area contributed by atoms with Crippen molar-refractivity contribution in [2.45, 2.75) is 19.8 Å². The van der Waals surface area contributed by atoms with Crippen LogP contribution in [-0.4, -0.2) is 0 Å². The molecule has 0 unspecified atom stereocenters. The number of hydrogen-bond donors (Lipinski definition) is 1. The van der Waals surface area contributed by atoms with Crippen LogP contribution in [0.5, 0.6) is 0 Å². The highest BCUT2D eigenvalue weighted by molar-refractivity contribution is 4.82. The fourth-order valence-electron chi connectivity index (χ4n) is 0.386. The van der Waals surface area contributed by atoms with E-state index in [-0.39, 0.29) is 0 Å². The third-order valence-corrected chi connectivity index (χ3v) is 0.787. The molecule has 0 aliphatic rings. The lowest BCUT2D eigenvalue weighted by molar-refractivity contribution is 0.949. The molecular weight excluding hydrogens is 98.1 g/mol. The topological polar surface area (TPSA) is 12.0 Å². The summed E-state index contributed by atoms with van der Waals surface area (Å²) in [4.78, 5) is 0. The molecule has 0 amide bonds. The van der Waals surface area contributed by atoms with Gasteiger partial charge in [-0.1, -0.05) is 26.0 Å². The van der Waals surface area contributed by atoms with E-state index in [2.05, 4.69) is 24.9 Å². The summed E-state index contributed by atoms with van der Waals surface area (Å²) in [6.45, 7) is 5.65. The van der Waals surface area contributed by atoms with Crippen molar-refractivity contribution in [3.05, 3.63) is 25.1 Å². The molecule has 0 bridgehead atoms. The number of nitrogens with one attached hydrogen (secondary N) is 1. The molecule has 0 rings (SSSR count). The summed E-state index contributed by atoms with van der Waals surface area (Å²) in [6.07, 6.45) is 7.99. The Bertz CT molecular complexity index is 74.5. The normalized spacial score (nSPS) is 9.62. The maximum absolute atomic E-state index is 3.50. The second-order valence-electron chi connectivity index (χ2n) is 1.56. The van der Waals surface area contributed by atoms with E-state index in [9.17, 15) is 0 Å². The van der Waals surface area contributed by atoms with Crippen LogP contribution in [0, 0.1) is 0 Å². The molecule has 0 spiro atoms. The van der Waals surface area contributed by atoms with Gasteiger partial charge in [-0.2, -0.15) is 0 Å². The van der Waals surface area contributed by atoms with Gasteiger partial charge in [0.15, 0.2) is 0 Å². The molecule has 46 valence electrons. The van der Waals surface area contributed by atoms with Crippen LogP contribution in [0.1, 0.15) is 19.8 Å². The molecule has 0 aliphatic heterocycles. The van der Waals surface area contributed by atoms with Crippen LogP contribution in [-0.2, 0) is 0 Å². The molecule has 1 nitrogen and oxygen atoms in total. The molecular formula is C7H13N. The van der Waals surface area contributed by atoms with Crippen LogP contribution >= 0.6 is 0 Å². The molecule has 0 aliphatic carbocycles. The van der Waals surface area contributed by atoms with Crippen LogP contribution < -0.4 is 5.32 Å². The predicted molar refractivity (Wildman–Crippen MR) is 37.4 cm³/mol. The maximum atomic E-state index is 3.50. The predicted octanol–water partition coefficient (Wildman–Crippen LogP) is 2.03. The molecule has 0 atom stereocenters. The van der Waals surface area contributed by atoms with Gasteiger partial charge in [-0.25, -0.2) is 0 Å². The molecule has 0 saturated heterocycles. The Morgan fingerprint density at radius 1 is 1.62 bits per heavy atom. The van der Waals surface area contributed by atoms with Gasteiger partial charge in [0, 0.05) is 0 Å². The molecule has 1 N–H and O–H groups in total. The summed E-state index contributed by atoms with van der Waals surface area (Å²) >= 11 is 0. The van der Waals surface area contributed by atoms with Crippen molar-refractivity contribution in [2.24, 2.45) is 0 Å². The lowest BCUT2D eigenvalue weighted by Crippen LogP contribution is -1.88. The van der Waals surface area contributed by atoms with Gasteiger partial charge in [0.05, 0.1) is 0 Å². The van der Waals surface area contributed by atoms with Crippen LogP contribution in [0.2, 0.25) is 0 Å². The molecule has 0 saturated carbocycles. The van der Waals surface area contributed by atoms with Gasteiger partial charge in [-0.3, -0.25) is 0 Å². The number of rotatable bonds is 4. The van der Waals surface area contributed by atoms with E-state index in [1.165, 1.54) is 6.42 Å². The average Bonchev–Trinajstić information content (AvgIpc) is 1.81. The van der Waals surface area contributed by atoms with Crippen LogP contribution in [0.15, 0.2) is 25.1 Å². The fraction of sp³-hybridized carbons (Fsp3) is 0.429. The second kappa shape index (κ2) is 6.28. The molecule has 0 aromatic heterocycles. The summed E-state index contributed by atoms with van der Waals surface area (Å²) in [5, 5.41) is 2.87. The first kappa shape index (κ1) is 7.28. The smallest absolute Gasteiger partial charge is 0.00359 e. The van der Waals surface area contributed by atoms with E-state index in [1.54, 1.807) is 6.20 Å². The standard InChI is InChI=1S/C7H13N/c1-3-5-6-7-8-4-2/h4,6-8H,2-3,5H2,1H3. The van der Waals surface area contributed by atoms with Gasteiger partial charge in [-0.15, -0.1) is 0 Å². The monoisotopic (exact) mass is 111 g/mol. The van der Waals surface area contributed by atoms with E-state index >= 15 is 0 Å². The second-order valence-corrected chi connectivity index (χ2v) is 1.56.